The lowest BCUT2D eigenvalue weighted by atomic mass is 10.1. The summed E-state index contributed by atoms with van der Waals surface area (Å²) in [6.07, 6.45) is 18.6. The van der Waals surface area contributed by atoms with Crippen molar-refractivity contribution in [1.29, 1.82) is 0 Å². The van der Waals surface area contributed by atoms with Crippen LogP contribution in [-0.4, -0.2) is 16.3 Å². The number of aliphatic hydroxyl groups excluding tert-OH is 1. The molecule has 0 aliphatic rings. The van der Waals surface area contributed by atoms with Gasteiger partial charge in [-0.2, -0.15) is 0 Å². The van der Waals surface area contributed by atoms with E-state index in [1.807, 2.05) is 0 Å². The van der Waals surface area contributed by atoms with Gasteiger partial charge in [-0.3, -0.25) is 10.1 Å². The highest BCUT2D eigenvalue weighted by Gasteiger charge is 2.17. The van der Waals surface area contributed by atoms with Crippen LogP contribution < -0.4 is 0 Å². The van der Waals surface area contributed by atoms with Crippen LogP contribution in [0.1, 0.15) is 84.0 Å². The van der Waals surface area contributed by atoms with Crippen LogP contribution in [0.3, 0.4) is 0 Å². The highest BCUT2D eigenvalue weighted by molar-refractivity contribution is 5.49. The molecule has 0 unspecified atom stereocenters. The molecule has 0 aromatic carbocycles. The smallest absolute Gasteiger partial charge is 0.283 e. The second-order valence-corrected chi connectivity index (χ2v) is 6.13. The van der Waals surface area contributed by atoms with Crippen LogP contribution in [0, 0.1) is 10.1 Å². The van der Waals surface area contributed by atoms with Crippen molar-refractivity contribution in [2.75, 3.05) is 0 Å². The summed E-state index contributed by atoms with van der Waals surface area (Å²) < 4.78 is 0. The number of carbonyl (C=O) groups is 1. The van der Waals surface area contributed by atoms with Crippen LogP contribution in [0.5, 0.6) is 0 Å². The van der Waals surface area contributed by atoms with Gasteiger partial charge in [0.2, 0.25) is 0 Å². The van der Waals surface area contributed by atoms with E-state index in [-0.39, 0.29) is 11.5 Å². The maximum absolute atomic E-state index is 11.1. The van der Waals surface area contributed by atoms with Crippen LogP contribution in [0.2, 0.25) is 0 Å². The number of hydrogen-bond donors (Lipinski definition) is 1. The lowest BCUT2D eigenvalue weighted by Gasteiger charge is -2.03. The van der Waals surface area contributed by atoms with Gasteiger partial charge in [0.05, 0.1) is 4.92 Å². The number of nitrogens with zero attached hydrogens (tertiary/aromatic N) is 1. The molecule has 5 nitrogen and oxygen atoms in total. The van der Waals surface area contributed by atoms with Crippen LogP contribution in [-0.2, 0) is 4.79 Å². The van der Waals surface area contributed by atoms with Gasteiger partial charge in [0.15, 0.2) is 5.76 Å². The molecule has 0 atom stereocenters. The minimum atomic E-state index is -0.438. The summed E-state index contributed by atoms with van der Waals surface area (Å²) in [5, 5.41) is 20.9. The third-order valence-corrected chi connectivity index (χ3v) is 3.90. The maximum Gasteiger partial charge on any atom is 0.283 e. The molecule has 0 amide bonds. The molecular formula is C20H33NO4. The number of unbranched alkanes of at least 4 members (excludes halogenated alkanes) is 6. The third kappa shape index (κ3) is 14.2. The van der Waals surface area contributed by atoms with Crippen molar-refractivity contribution < 1.29 is 14.8 Å². The van der Waals surface area contributed by atoms with Crippen molar-refractivity contribution in [2.45, 2.75) is 84.0 Å². The van der Waals surface area contributed by atoms with Crippen LogP contribution >= 0.6 is 0 Å². The summed E-state index contributed by atoms with van der Waals surface area (Å²) in [5.41, 5.74) is -0.0154. The van der Waals surface area contributed by atoms with Crippen LogP contribution in [0.15, 0.2) is 35.8 Å². The van der Waals surface area contributed by atoms with Crippen molar-refractivity contribution in [3.8, 4) is 0 Å². The molecule has 142 valence electrons. The van der Waals surface area contributed by atoms with Gasteiger partial charge in [0, 0.05) is 19.3 Å². The summed E-state index contributed by atoms with van der Waals surface area (Å²) in [4.78, 5) is 20.8. The highest BCUT2D eigenvalue weighted by atomic mass is 16.6. The first-order valence-electron chi connectivity index (χ1n) is 9.42. The molecule has 0 aromatic heterocycles. The lowest BCUT2D eigenvalue weighted by Crippen LogP contribution is -2.04. The van der Waals surface area contributed by atoms with Gasteiger partial charge in [0.1, 0.15) is 6.29 Å². The molecule has 0 aliphatic carbocycles. The zero-order chi connectivity index (χ0) is 18.8. The summed E-state index contributed by atoms with van der Waals surface area (Å²) >= 11 is 0. The topological polar surface area (TPSA) is 80.4 Å². The molecule has 0 radical (unpaired) electrons. The molecule has 0 aliphatic heterocycles. The Bertz CT molecular complexity index is 453. The van der Waals surface area contributed by atoms with Crippen molar-refractivity contribution in [1.82, 2.24) is 0 Å². The molecule has 0 spiro atoms. The first-order chi connectivity index (χ1) is 12.1. The molecule has 5 heteroatoms. The fourth-order valence-electron chi connectivity index (χ4n) is 2.41. The number of carbonyl (C=O) groups excluding carboxylic acids is 1. The minimum absolute atomic E-state index is 0.0154. The molecular weight excluding hydrogens is 318 g/mol. The van der Waals surface area contributed by atoms with E-state index in [2.05, 4.69) is 31.2 Å². The van der Waals surface area contributed by atoms with Gasteiger partial charge in [-0.1, -0.05) is 44.1 Å². The average Bonchev–Trinajstić information content (AvgIpc) is 2.58. The van der Waals surface area contributed by atoms with Gasteiger partial charge >= 0.3 is 0 Å². The molecule has 0 aromatic rings. The van der Waals surface area contributed by atoms with Crippen molar-refractivity contribution in [3.05, 3.63) is 45.9 Å². The summed E-state index contributed by atoms with van der Waals surface area (Å²) in [6, 6.07) is 0. The number of nitro groups is 1. The monoisotopic (exact) mass is 351 g/mol. The number of rotatable bonds is 16. The Morgan fingerprint density at radius 1 is 0.920 bits per heavy atom. The summed E-state index contributed by atoms with van der Waals surface area (Å²) in [6.45, 7) is 2.06. The normalized spacial score (nSPS) is 12.7. The fourth-order valence-corrected chi connectivity index (χ4v) is 2.41. The number of aldehydes is 1. The molecule has 0 fully saturated rings. The molecule has 0 saturated heterocycles. The summed E-state index contributed by atoms with van der Waals surface area (Å²) in [5.74, 6) is -0.0475. The molecule has 0 rings (SSSR count). The highest BCUT2D eigenvalue weighted by Crippen LogP contribution is 2.17. The molecule has 0 saturated carbocycles. The Morgan fingerprint density at radius 2 is 1.56 bits per heavy atom. The quantitative estimate of drug-likeness (QED) is 0.0917. The van der Waals surface area contributed by atoms with E-state index in [0.717, 1.165) is 57.7 Å². The first kappa shape index (κ1) is 23.1. The van der Waals surface area contributed by atoms with E-state index >= 15 is 0 Å². The zero-order valence-corrected chi connectivity index (χ0v) is 15.5. The number of hydrogen-bond acceptors (Lipinski definition) is 4. The second kappa shape index (κ2) is 16.9. The van der Waals surface area contributed by atoms with E-state index in [0.29, 0.717) is 25.7 Å². The Kier molecular flexibility index (Phi) is 15.6. The van der Waals surface area contributed by atoms with E-state index in [1.54, 1.807) is 0 Å². The second-order valence-electron chi connectivity index (χ2n) is 6.13. The lowest BCUT2D eigenvalue weighted by molar-refractivity contribution is -0.431. The predicted octanol–water partition coefficient (Wildman–Crippen LogP) is 6.05. The molecule has 1 N–H and O–H groups in total. The Balaban J connectivity index is 3.91. The van der Waals surface area contributed by atoms with Crippen LogP contribution in [0.25, 0.3) is 0 Å². The average molecular weight is 351 g/mol. The first-order valence-corrected chi connectivity index (χ1v) is 9.42. The van der Waals surface area contributed by atoms with E-state index < -0.39 is 4.92 Å². The van der Waals surface area contributed by atoms with Gasteiger partial charge in [-0.15, -0.1) is 0 Å². The SMILES string of the molecule is CCCCC/C(O)=C(\CCCC/C=C\C/C=C\CCCC=O)[N+](=O)[O-]. The minimum Gasteiger partial charge on any atom is -0.506 e. The largest absolute Gasteiger partial charge is 0.506 e. The Labute approximate surface area is 151 Å². The van der Waals surface area contributed by atoms with Crippen molar-refractivity contribution in [2.24, 2.45) is 0 Å². The predicted molar refractivity (Wildman–Crippen MR) is 102 cm³/mol. The molecule has 0 bridgehead atoms. The number of aliphatic hydroxyl groups is 1. The molecule has 0 heterocycles. The van der Waals surface area contributed by atoms with E-state index in [4.69, 9.17) is 0 Å². The number of allylic oxidation sites excluding steroid dienone is 6. The summed E-state index contributed by atoms with van der Waals surface area (Å²) in [7, 11) is 0. The Hall–Kier alpha value is -1.91. The van der Waals surface area contributed by atoms with E-state index in [9.17, 15) is 20.0 Å². The standard InChI is InChI=1S/C20H33NO4/c1-2-3-13-17-20(23)19(21(24)25)16-14-11-9-7-5-4-6-8-10-12-15-18-22/h5-8,18,23H,2-4,9-17H2,1H3/b7-5-,8-6-,20-19-. The Morgan fingerprint density at radius 3 is 2.16 bits per heavy atom. The molecule has 25 heavy (non-hydrogen) atoms. The van der Waals surface area contributed by atoms with Gasteiger partial charge in [-0.25, -0.2) is 0 Å². The fraction of sp³-hybridized carbons (Fsp3) is 0.650. The zero-order valence-electron chi connectivity index (χ0n) is 15.5. The van der Waals surface area contributed by atoms with Crippen molar-refractivity contribution >= 4 is 6.29 Å². The maximum atomic E-state index is 11.1. The van der Waals surface area contributed by atoms with Gasteiger partial charge < -0.3 is 9.90 Å². The van der Waals surface area contributed by atoms with Crippen LogP contribution in [0.4, 0.5) is 0 Å². The third-order valence-electron chi connectivity index (χ3n) is 3.90. The van der Waals surface area contributed by atoms with E-state index in [1.165, 1.54) is 0 Å². The van der Waals surface area contributed by atoms with Gasteiger partial charge in [-0.05, 0) is 44.9 Å². The van der Waals surface area contributed by atoms with Gasteiger partial charge in [0.25, 0.3) is 5.70 Å². The van der Waals surface area contributed by atoms with Crippen molar-refractivity contribution in [3.63, 3.8) is 0 Å².